The van der Waals surface area contributed by atoms with Crippen LogP contribution >= 0.6 is 23.2 Å². The molecule has 5 N–H and O–H groups in total. The number of carbonyl (C=O) groups excluding carboxylic acids is 3. The minimum absolute atomic E-state index is 0.0165. The van der Waals surface area contributed by atoms with E-state index in [9.17, 15) is 14.4 Å². The minimum atomic E-state index is -0.804. The number of hydrogen-bond donors (Lipinski definition) is 3. The summed E-state index contributed by atoms with van der Waals surface area (Å²) in [6.07, 6.45) is 1.84. The van der Waals surface area contributed by atoms with Crippen molar-refractivity contribution in [1.29, 1.82) is 0 Å². The SMILES string of the molecule is CC(=O)N1CCN(C(=O)[C@H](CCNC(=O)N2CCC(c3cc(-c4cccc(Cl)c4Cl)nn3C)CC2)N=C(N)N)CC1. The maximum absolute atomic E-state index is 13.1. The van der Waals surface area contributed by atoms with Gasteiger partial charge in [0.1, 0.15) is 6.04 Å². The van der Waals surface area contributed by atoms with Crippen LogP contribution in [0.1, 0.15) is 37.8 Å². The number of likely N-dealkylation sites (tertiary alicyclic amines) is 1. The Labute approximate surface area is 249 Å². The van der Waals surface area contributed by atoms with Crippen molar-refractivity contribution in [1.82, 2.24) is 29.8 Å². The molecule has 2 saturated heterocycles. The van der Waals surface area contributed by atoms with Crippen LogP contribution < -0.4 is 16.8 Å². The lowest BCUT2D eigenvalue weighted by atomic mass is 9.93. The first-order chi connectivity index (χ1) is 19.5. The topological polar surface area (TPSA) is 155 Å². The van der Waals surface area contributed by atoms with Gasteiger partial charge in [-0.25, -0.2) is 9.79 Å². The number of guanidine groups is 1. The van der Waals surface area contributed by atoms with Gasteiger partial charge in [-0.2, -0.15) is 5.10 Å². The summed E-state index contributed by atoms with van der Waals surface area (Å²) in [5.74, 6) is -0.172. The molecule has 3 heterocycles. The summed E-state index contributed by atoms with van der Waals surface area (Å²) < 4.78 is 1.87. The summed E-state index contributed by atoms with van der Waals surface area (Å²) in [6.45, 7) is 4.70. The van der Waals surface area contributed by atoms with Crippen LogP contribution in [0.3, 0.4) is 0 Å². The van der Waals surface area contributed by atoms with E-state index in [-0.39, 0.29) is 42.7 Å². The van der Waals surface area contributed by atoms with Gasteiger partial charge < -0.3 is 31.5 Å². The van der Waals surface area contributed by atoms with E-state index in [1.165, 1.54) is 6.92 Å². The molecular formula is C27H37Cl2N9O3. The molecule has 0 saturated carbocycles. The van der Waals surface area contributed by atoms with E-state index in [0.717, 1.165) is 29.8 Å². The monoisotopic (exact) mass is 605 g/mol. The van der Waals surface area contributed by atoms with Gasteiger partial charge in [0.2, 0.25) is 11.8 Å². The number of urea groups is 1. The van der Waals surface area contributed by atoms with Gasteiger partial charge in [-0.1, -0.05) is 35.3 Å². The Kier molecular flexibility index (Phi) is 9.98. The van der Waals surface area contributed by atoms with Crippen LogP contribution in [0.25, 0.3) is 11.3 Å². The predicted octanol–water partition coefficient (Wildman–Crippen LogP) is 2.01. The highest BCUT2D eigenvalue weighted by molar-refractivity contribution is 6.43. The van der Waals surface area contributed by atoms with Crippen LogP contribution in [-0.4, -0.2) is 100 Å². The van der Waals surface area contributed by atoms with Gasteiger partial charge in [-0.3, -0.25) is 14.3 Å². The third kappa shape index (κ3) is 7.42. The van der Waals surface area contributed by atoms with Gasteiger partial charge in [0, 0.05) is 77.0 Å². The number of nitrogens with one attached hydrogen (secondary N) is 1. The molecule has 41 heavy (non-hydrogen) atoms. The first kappa shape index (κ1) is 30.4. The van der Waals surface area contributed by atoms with Gasteiger partial charge in [-0.15, -0.1) is 0 Å². The zero-order valence-corrected chi connectivity index (χ0v) is 24.9. The molecule has 222 valence electrons. The van der Waals surface area contributed by atoms with Gasteiger partial charge in [0.25, 0.3) is 0 Å². The maximum Gasteiger partial charge on any atom is 0.317 e. The molecule has 2 aromatic rings. The zero-order valence-electron chi connectivity index (χ0n) is 23.4. The summed E-state index contributed by atoms with van der Waals surface area (Å²) in [4.78, 5) is 46.8. The predicted molar refractivity (Wildman–Crippen MR) is 159 cm³/mol. The normalized spacial score (nSPS) is 16.8. The van der Waals surface area contributed by atoms with E-state index >= 15 is 0 Å². The molecule has 2 aliphatic rings. The molecule has 4 rings (SSSR count). The number of aliphatic imine (C=N–C) groups is 1. The summed E-state index contributed by atoms with van der Waals surface area (Å²) >= 11 is 12.6. The van der Waals surface area contributed by atoms with Crippen LogP contribution in [0.15, 0.2) is 29.3 Å². The lowest BCUT2D eigenvalue weighted by Crippen LogP contribution is -2.53. The molecule has 0 unspecified atom stereocenters. The third-order valence-electron chi connectivity index (χ3n) is 7.66. The summed E-state index contributed by atoms with van der Waals surface area (Å²) in [6, 6.07) is 6.54. The van der Waals surface area contributed by atoms with Gasteiger partial charge >= 0.3 is 6.03 Å². The van der Waals surface area contributed by atoms with Gasteiger partial charge in [-0.05, 0) is 31.4 Å². The fraction of sp³-hybridized carbons (Fsp3) is 0.519. The Morgan fingerprint density at radius 1 is 1.05 bits per heavy atom. The summed E-state index contributed by atoms with van der Waals surface area (Å²) in [5, 5.41) is 8.52. The fourth-order valence-electron chi connectivity index (χ4n) is 5.38. The lowest BCUT2D eigenvalue weighted by molar-refractivity contribution is -0.139. The molecule has 1 aromatic heterocycles. The van der Waals surface area contributed by atoms with Gasteiger partial charge in [0.05, 0.1) is 15.7 Å². The Hall–Kier alpha value is -3.51. The highest BCUT2D eigenvalue weighted by Gasteiger charge is 2.29. The van der Waals surface area contributed by atoms with Crippen LogP contribution in [0.5, 0.6) is 0 Å². The number of hydrogen-bond acceptors (Lipinski definition) is 5. The molecule has 2 aliphatic heterocycles. The number of aryl methyl sites for hydroxylation is 1. The maximum atomic E-state index is 13.1. The smallest absolute Gasteiger partial charge is 0.317 e. The molecule has 1 atom stereocenters. The first-order valence-corrected chi connectivity index (χ1v) is 14.4. The average Bonchev–Trinajstić information content (AvgIpc) is 3.34. The van der Waals surface area contributed by atoms with E-state index < -0.39 is 6.04 Å². The van der Waals surface area contributed by atoms with Crippen molar-refractivity contribution in [3.05, 3.63) is 40.0 Å². The molecule has 0 radical (unpaired) electrons. The average molecular weight is 607 g/mol. The number of benzene rings is 1. The molecular weight excluding hydrogens is 569 g/mol. The second-order valence-electron chi connectivity index (χ2n) is 10.4. The van der Waals surface area contributed by atoms with Crippen molar-refractivity contribution in [2.24, 2.45) is 23.5 Å². The summed E-state index contributed by atoms with van der Waals surface area (Å²) in [7, 11) is 1.91. The second kappa shape index (κ2) is 13.4. The minimum Gasteiger partial charge on any atom is -0.370 e. The number of amides is 4. The highest BCUT2D eigenvalue weighted by Crippen LogP contribution is 2.35. The van der Waals surface area contributed by atoms with E-state index in [2.05, 4.69) is 15.4 Å². The fourth-order valence-corrected chi connectivity index (χ4v) is 5.78. The quantitative estimate of drug-likeness (QED) is 0.324. The van der Waals surface area contributed by atoms with E-state index in [0.29, 0.717) is 49.3 Å². The second-order valence-corrected chi connectivity index (χ2v) is 11.1. The summed E-state index contributed by atoms with van der Waals surface area (Å²) in [5.41, 5.74) is 13.8. The molecule has 4 amide bonds. The molecule has 2 fully saturated rings. The van der Waals surface area contributed by atoms with E-state index in [1.807, 2.05) is 29.9 Å². The molecule has 14 heteroatoms. The number of piperidine rings is 1. The van der Waals surface area contributed by atoms with Crippen molar-refractivity contribution in [2.75, 3.05) is 45.8 Å². The van der Waals surface area contributed by atoms with E-state index in [4.69, 9.17) is 34.7 Å². The first-order valence-electron chi connectivity index (χ1n) is 13.7. The zero-order chi connectivity index (χ0) is 29.7. The van der Waals surface area contributed by atoms with Crippen LogP contribution in [0.4, 0.5) is 4.79 Å². The van der Waals surface area contributed by atoms with Crippen LogP contribution in [0, 0.1) is 0 Å². The lowest BCUT2D eigenvalue weighted by Gasteiger charge is -2.35. The van der Waals surface area contributed by atoms with Crippen molar-refractivity contribution in [3.8, 4) is 11.3 Å². The molecule has 1 aromatic carbocycles. The van der Waals surface area contributed by atoms with E-state index in [1.54, 1.807) is 20.8 Å². The molecule has 0 spiro atoms. The van der Waals surface area contributed by atoms with Crippen molar-refractivity contribution >= 4 is 47.0 Å². The van der Waals surface area contributed by atoms with Crippen molar-refractivity contribution in [3.63, 3.8) is 0 Å². The molecule has 12 nitrogen and oxygen atoms in total. The Balaban J connectivity index is 1.27. The number of nitrogens with zero attached hydrogens (tertiary/aromatic N) is 6. The van der Waals surface area contributed by atoms with Crippen LogP contribution in [-0.2, 0) is 16.6 Å². The van der Waals surface area contributed by atoms with Crippen molar-refractivity contribution < 1.29 is 14.4 Å². The number of piperazine rings is 1. The number of halogens is 2. The number of nitrogens with two attached hydrogens (primary N) is 2. The number of carbonyl (C=O) groups is 3. The Morgan fingerprint density at radius 3 is 2.34 bits per heavy atom. The number of aromatic nitrogens is 2. The molecule has 0 bridgehead atoms. The third-order valence-corrected chi connectivity index (χ3v) is 8.48. The standard InChI is InChI=1S/C27H37Cl2N9O3/c1-17(39)36-12-14-37(15-13-36)25(40)21(33-26(30)31)6-9-32-27(41)38-10-7-18(8-11-38)23-16-22(34-35(23)2)19-4-3-5-20(28)24(19)29/h3-5,16,18,21H,6-15H2,1-2H3,(H,32,41)(H4,30,31,33)/t21-/m0/s1. The largest absolute Gasteiger partial charge is 0.370 e. The Bertz CT molecular complexity index is 1290. The van der Waals surface area contributed by atoms with Crippen molar-refractivity contribution in [2.45, 2.75) is 38.1 Å². The van der Waals surface area contributed by atoms with Gasteiger partial charge in [0.15, 0.2) is 5.96 Å². The molecule has 0 aliphatic carbocycles. The number of rotatable bonds is 7. The Morgan fingerprint density at radius 2 is 1.71 bits per heavy atom. The van der Waals surface area contributed by atoms with Crippen LogP contribution in [0.2, 0.25) is 10.0 Å². The highest BCUT2D eigenvalue weighted by atomic mass is 35.5.